The average Bonchev–Trinajstić information content (AvgIpc) is 2.83. The largest absolute Gasteiger partial charge is 0.495 e. The molecule has 10 heteroatoms. The molecule has 0 aliphatic carbocycles. The topological polar surface area (TPSA) is 59.6 Å². The lowest BCUT2D eigenvalue weighted by Crippen LogP contribution is -2.41. The van der Waals surface area contributed by atoms with Gasteiger partial charge in [0.1, 0.15) is 5.82 Å². The second kappa shape index (κ2) is 7.83. The smallest absolute Gasteiger partial charge is 0.399 e. The molecule has 0 unspecified atom stereocenters. The molecule has 1 heterocycles. The number of anilines is 2. The summed E-state index contributed by atoms with van der Waals surface area (Å²) < 4.78 is 64.3. The first-order valence-electron chi connectivity index (χ1n) is 9.60. The first-order chi connectivity index (χ1) is 14.2. The SMILES string of the molecule is Cc1cc(NC(=O)Nc2cc(C(F)(F)F)ccc2F)ccc1B1OC(C)(C)C(C)(C)O1. The molecule has 2 aromatic carbocycles. The van der Waals surface area contributed by atoms with Crippen LogP contribution in [0.3, 0.4) is 0 Å². The maximum absolute atomic E-state index is 13.8. The number of hydrogen-bond donors (Lipinski definition) is 2. The van der Waals surface area contributed by atoms with E-state index in [0.717, 1.165) is 11.0 Å². The minimum atomic E-state index is -4.65. The lowest BCUT2D eigenvalue weighted by Gasteiger charge is -2.32. The van der Waals surface area contributed by atoms with Gasteiger partial charge in [-0.2, -0.15) is 13.2 Å². The van der Waals surface area contributed by atoms with Crippen LogP contribution in [0.2, 0.25) is 0 Å². The van der Waals surface area contributed by atoms with Gasteiger partial charge in [-0.15, -0.1) is 0 Å². The average molecular weight is 438 g/mol. The molecule has 0 atom stereocenters. The summed E-state index contributed by atoms with van der Waals surface area (Å²) in [6.07, 6.45) is -4.65. The zero-order valence-corrected chi connectivity index (χ0v) is 17.8. The quantitative estimate of drug-likeness (QED) is 0.518. The summed E-state index contributed by atoms with van der Waals surface area (Å²) in [4.78, 5) is 12.2. The Labute approximate surface area is 178 Å². The number of benzene rings is 2. The highest BCUT2D eigenvalue weighted by Gasteiger charge is 2.52. The Balaban J connectivity index is 1.72. The molecule has 0 saturated carbocycles. The van der Waals surface area contributed by atoms with Crippen molar-refractivity contribution in [2.75, 3.05) is 10.6 Å². The third kappa shape index (κ3) is 4.85. The van der Waals surface area contributed by atoms with Gasteiger partial charge < -0.3 is 19.9 Å². The Morgan fingerprint density at radius 3 is 2.13 bits per heavy atom. The molecule has 0 aromatic heterocycles. The van der Waals surface area contributed by atoms with E-state index in [-0.39, 0.29) is 0 Å². The third-order valence-electron chi connectivity index (χ3n) is 5.58. The van der Waals surface area contributed by atoms with Gasteiger partial charge in [-0.1, -0.05) is 6.07 Å². The summed E-state index contributed by atoms with van der Waals surface area (Å²) in [6, 6.07) is 5.94. The summed E-state index contributed by atoms with van der Waals surface area (Å²) in [5, 5.41) is 4.59. The summed E-state index contributed by atoms with van der Waals surface area (Å²) >= 11 is 0. The van der Waals surface area contributed by atoms with E-state index in [0.29, 0.717) is 23.9 Å². The Bertz CT molecular complexity index is 993. The second-order valence-electron chi connectivity index (χ2n) is 8.43. The predicted octanol–water partition coefficient (Wildman–Crippen LogP) is 5.10. The number of carbonyl (C=O) groups excluding carboxylic acids is 1. The van der Waals surface area contributed by atoms with E-state index in [1.807, 2.05) is 34.6 Å². The van der Waals surface area contributed by atoms with E-state index >= 15 is 0 Å². The van der Waals surface area contributed by atoms with Crippen LogP contribution in [-0.4, -0.2) is 24.4 Å². The van der Waals surface area contributed by atoms with E-state index in [1.165, 1.54) is 0 Å². The lowest BCUT2D eigenvalue weighted by molar-refractivity contribution is -0.137. The van der Waals surface area contributed by atoms with E-state index in [4.69, 9.17) is 9.31 Å². The fraction of sp³-hybridized carbons (Fsp3) is 0.381. The number of urea groups is 1. The van der Waals surface area contributed by atoms with Crippen molar-refractivity contribution >= 4 is 30.0 Å². The summed E-state index contributed by atoms with van der Waals surface area (Å²) in [5.74, 6) is -0.976. The molecule has 31 heavy (non-hydrogen) atoms. The molecule has 2 N–H and O–H groups in total. The number of alkyl halides is 3. The molecule has 2 amide bonds. The maximum atomic E-state index is 13.8. The number of nitrogens with one attached hydrogen (secondary N) is 2. The molecule has 0 spiro atoms. The monoisotopic (exact) mass is 438 g/mol. The molecule has 166 valence electrons. The summed E-state index contributed by atoms with van der Waals surface area (Å²) in [6.45, 7) is 9.58. The Morgan fingerprint density at radius 1 is 0.968 bits per heavy atom. The van der Waals surface area contributed by atoms with E-state index in [2.05, 4.69) is 10.6 Å². The highest BCUT2D eigenvalue weighted by Crippen LogP contribution is 2.37. The van der Waals surface area contributed by atoms with Gasteiger partial charge in [0.15, 0.2) is 0 Å². The van der Waals surface area contributed by atoms with Gasteiger partial charge in [0.2, 0.25) is 0 Å². The molecule has 1 fully saturated rings. The fourth-order valence-corrected chi connectivity index (χ4v) is 3.07. The number of amides is 2. The van der Waals surface area contributed by atoms with Crippen molar-refractivity contribution in [3.8, 4) is 0 Å². The molecular formula is C21H23BF4N2O3. The zero-order valence-electron chi connectivity index (χ0n) is 17.8. The van der Waals surface area contributed by atoms with Gasteiger partial charge in [-0.25, -0.2) is 9.18 Å². The van der Waals surface area contributed by atoms with Crippen LogP contribution in [0.4, 0.5) is 33.7 Å². The molecule has 3 rings (SSSR count). The van der Waals surface area contributed by atoms with Crippen molar-refractivity contribution in [2.45, 2.75) is 52.0 Å². The van der Waals surface area contributed by atoms with Gasteiger partial charge >= 0.3 is 19.3 Å². The maximum Gasteiger partial charge on any atom is 0.495 e. The van der Waals surface area contributed by atoms with Crippen LogP contribution >= 0.6 is 0 Å². The number of halogens is 4. The predicted molar refractivity (Wildman–Crippen MR) is 111 cm³/mol. The Morgan fingerprint density at radius 2 is 1.58 bits per heavy atom. The fourth-order valence-electron chi connectivity index (χ4n) is 3.07. The number of carbonyl (C=O) groups is 1. The third-order valence-corrected chi connectivity index (χ3v) is 5.58. The molecule has 0 bridgehead atoms. The highest BCUT2D eigenvalue weighted by molar-refractivity contribution is 6.62. The number of hydrogen-bond acceptors (Lipinski definition) is 3. The van der Waals surface area contributed by atoms with Gasteiger partial charge in [0, 0.05) is 5.69 Å². The first kappa shape index (κ1) is 23.1. The molecule has 1 aliphatic heterocycles. The highest BCUT2D eigenvalue weighted by atomic mass is 19.4. The van der Waals surface area contributed by atoms with Crippen LogP contribution in [0.5, 0.6) is 0 Å². The van der Waals surface area contributed by atoms with Gasteiger partial charge in [-0.05, 0) is 76.0 Å². The lowest BCUT2D eigenvalue weighted by atomic mass is 9.76. The van der Waals surface area contributed by atoms with Crippen molar-refractivity contribution in [2.24, 2.45) is 0 Å². The Hall–Kier alpha value is -2.59. The van der Waals surface area contributed by atoms with E-state index < -0.39 is 47.6 Å². The van der Waals surface area contributed by atoms with Crippen LogP contribution in [0.25, 0.3) is 0 Å². The van der Waals surface area contributed by atoms with Crippen molar-refractivity contribution in [3.63, 3.8) is 0 Å². The van der Waals surface area contributed by atoms with Gasteiger partial charge in [-0.3, -0.25) is 0 Å². The van der Waals surface area contributed by atoms with Crippen LogP contribution < -0.4 is 16.1 Å². The minimum absolute atomic E-state index is 0.377. The second-order valence-corrected chi connectivity index (χ2v) is 8.43. The molecule has 5 nitrogen and oxygen atoms in total. The van der Waals surface area contributed by atoms with Crippen molar-refractivity contribution in [3.05, 3.63) is 53.3 Å². The summed E-state index contributed by atoms with van der Waals surface area (Å²) in [5.41, 5.74) is -0.700. The van der Waals surface area contributed by atoms with Crippen LogP contribution in [0.15, 0.2) is 36.4 Å². The minimum Gasteiger partial charge on any atom is -0.399 e. The van der Waals surface area contributed by atoms with E-state index in [1.54, 1.807) is 18.2 Å². The number of aryl methyl sites for hydroxylation is 1. The zero-order chi connectivity index (χ0) is 23.2. The van der Waals surface area contributed by atoms with E-state index in [9.17, 15) is 22.4 Å². The van der Waals surface area contributed by atoms with Crippen molar-refractivity contribution in [1.82, 2.24) is 0 Å². The molecule has 1 saturated heterocycles. The number of rotatable bonds is 3. The van der Waals surface area contributed by atoms with Crippen LogP contribution in [0, 0.1) is 12.7 Å². The molecule has 1 aliphatic rings. The first-order valence-corrected chi connectivity index (χ1v) is 9.60. The summed E-state index contributed by atoms with van der Waals surface area (Å²) in [7, 11) is -0.577. The molecule has 0 radical (unpaired) electrons. The van der Waals surface area contributed by atoms with Crippen molar-refractivity contribution < 1.29 is 31.7 Å². The van der Waals surface area contributed by atoms with Gasteiger partial charge in [0.05, 0.1) is 22.5 Å². The van der Waals surface area contributed by atoms with Crippen molar-refractivity contribution in [1.29, 1.82) is 0 Å². The van der Waals surface area contributed by atoms with Crippen LogP contribution in [0.1, 0.15) is 38.8 Å². The standard InChI is InChI=1S/C21H23BF4N2O3/c1-12-10-14(7-8-15(12)22-30-19(2,3)20(4,5)31-22)27-18(29)28-17-11-13(21(24,25)26)6-9-16(17)23/h6-11H,1-5H3,(H2,27,28,29). The molecule has 2 aromatic rings. The van der Waals surface area contributed by atoms with Crippen LogP contribution in [-0.2, 0) is 15.5 Å². The molecular weight excluding hydrogens is 415 g/mol. The Kier molecular flexibility index (Phi) is 5.83. The normalized spacial score (nSPS) is 17.5. The van der Waals surface area contributed by atoms with Gasteiger partial charge in [0.25, 0.3) is 0 Å².